The van der Waals surface area contributed by atoms with Crippen LogP contribution < -0.4 is 10.9 Å². The molecule has 5 rings (SSSR count). The van der Waals surface area contributed by atoms with Crippen molar-refractivity contribution in [1.29, 1.82) is 0 Å². The summed E-state index contributed by atoms with van der Waals surface area (Å²) in [5.74, 6) is 0.468. The highest BCUT2D eigenvalue weighted by Crippen LogP contribution is 2.42. The second kappa shape index (κ2) is 9.93. The molecule has 1 aliphatic heterocycles. The van der Waals surface area contributed by atoms with E-state index in [1.165, 1.54) is 18.7 Å². The second-order valence-corrected chi connectivity index (χ2v) is 10.6. The molecule has 2 N–H and O–H groups in total. The SMILES string of the molecule is Cc1cc(CN(Cc2cncc(C(F)(F)F)c2)C(=O)C2(CC3CCC3)CCNC2)cc2[nH]c(=O)ccc12. The van der Waals surface area contributed by atoms with Gasteiger partial charge in [-0.25, -0.2) is 0 Å². The molecule has 0 bridgehead atoms. The highest BCUT2D eigenvalue weighted by molar-refractivity contribution is 5.85. The zero-order chi connectivity index (χ0) is 26.2. The first-order chi connectivity index (χ1) is 17.6. The Labute approximate surface area is 213 Å². The normalized spacial score (nSPS) is 20.2. The number of H-pyrrole nitrogens is 1. The molecule has 9 heteroatoms. The van der Waals surface area contributed by atoms with Gasteiger partial charge in [-0.05, 0) is 67.1 Å². The van der Waals surface area contributed by atoms with Gasteiger partial charge in [0, 0.05) is 49.0 Å². The quantitative estimate of drug-likeness (QED) is 0.470. The summed E-state index contributed by atoms with van der Waals surface area (Å²) in [5.41, 5.74) is 1.14. The smallest absolute Gasteiger partial charge is 0.333 e. The van der Waals surface area contributed by atoms with Crippen LogP contribution in [0.3, 0.4) is 0 Å². The number of halogens is 3. The fraction of sp³-hybridized carbons (Fsp3) is 0.464. The van der Waals surface area contributed by atoms with Gasteiger partial charge in [0.05, 0.1) is 11.0 Å². The molecule has 1 aliphatic carbocycles. The number of alkyl halides is 3. The molecule has 2 aromatic heterocycles. The number of fused-ring (bicyclic) bond motifs is 1. The zero-order valence-corrected chi connectivity index (χ0v) is 20.8. The molecule has 1 saturated carbocycles. The molecule has 3 aromatic rings. The van der Waals surface area contributed by atoms with Gasteiger partial charge in [-0.3, -0.25) is 14.6 Å². The molecule has 1 aromatic carbocycles. The first-order valence-electron chi connectivity index (χ1n) is 12.8. The van der Waals surface area contributed by atoms with Gasteiger partial charge >= 0.3 is 6.18 Å². The molecule has 2 fully saturated rings. The molecule has 0 spiro atoms. The average Bonchev–Trinajstić information content (AvgIpc) is 3.30. The Kier molecular flexibility index (Phi) is 6.83. The highest BCUT2D eigenvalue weighted by Gasteiger charge is 2.46. The predicted octanol–water partition coefficient (Wildman–Crippen LogP) is 4.95. The van der Waals surface area contributed by atoms with Gasteiger partial charge in [-0.2, -0.15) is 13.2 Å². The van der Waals surface area contributed by atoms with Crippen LogP contribution in [0.4, 0.5) is 13.2 Å². The number of nitrogens with one attached hydrogen (secondary N) is 2. The van der Waals surface area contributed by atoms with Crippen LogP contribution in [-0.2, 0) is 24.1 Å². The van der Waals surface area contributed by atoms with Gasteiger partial charge in [0.1, 0.15) is 0 Å². The van der Waals surface area contributed by atoms with E-state index in [-0.39, 0.29) is 24.6 Å². The summed E-state index contributed by atoms with van der Waals surface area (Å²) in [6, 6.07) is 8.13. The third-order valence-electron chi connectivity index (χ3n) is 7.86. The minimum atomic E-state index is -4.51. The largest absolute Gasteiger partial charge is 0.417 e. The van der Waals surface area contributed by atoms with E-state index in [9.17, 15) is 22.8 Å². The van der Waals surface area contributed by atoms with Crippen molar-refractivity contribution >= 4 is 16.8 Å². The van der Waals surface area contributed by atoms with Gasteiger partial charge in [-0.1, -0.05) is 25.3 Å². The van der Waals surface area contributed by atoms with Gasteiger partial charge in [-0.15, -0.1) is 0 Å². The van der Waals surface area contributed by atoms with Crippen LogP contribution in [0, 0.1) is 18.3 Å². The van der Waals surface area contributed by atoms with E-state index in [0.717, 1.165) is 54.6 Å². The lowest BCUT2D eigenvalue weighted by Gasteiger charge is -2.39. The van der Waals surface area contributed by atoms with Gasteiger partial charge in [0.2, 0.25) is 11.5 Å². The first-order valence-corrected chi connectivity index (χ1v) is 12.8. The van der Waals surface area contributed by atoms with Crippen molar-refractivity contribution in [1.82, 2.24) is 20.2 Å². The third kappa shape index (κ3) is 5.42. The molecule has 3 heterocycles. The van der Waals surface area contributed by atoms with Gasteiger partial charge in [0.15, 0.2) is 0 Å². The van der Waals surface area contributed by atoms with Crippen molar-refractivity contribution in [2.45, 2.75) is 58.3 Å². The molecule has 37 heavy (non-hydrogen) atoms. The molecular weight excluding hydrogens is 481 g/mol. The lowest BCUT2D eigenvalue weighted by molar-refractivity contribution is -0.144. The Bertz CT molecular complexity index is 1360. The second-order valence-electron chi connectivity index (χ2n) is 10.6. The molecule has 1 saturated heterocycles. The number of carbonyl (C=O) groups is 1. The number of hydrogen-bond donors (Lipinski definition) is 2. The minimum Gasteiger partial charge on any atom is -0.333 e. The summed E-state index contributed by atoms with van der Waals surface area (Å²) >= 11 is 0. The van der Waals surface area contributed by atoms with Crippen LogP contribution >= 0.6 is 0 Å². The third-order valence-corrected chi connectivity index (χ3v) is 7.86. The summed E-state index contributed by atoms with van der Waals surface area (Å²) in [5, 5.41) is 4.26. The Morgan fingerprint density at radius 2 is 1.92 bits per heavy atom. The van der Waals surface area contributed by atoms with Crippen molar-refractivity contribution in [3.05, 3.63) is 75.3 Å². The van der Waals surface area contributed by atoms with Crippen LogP contribution in [0.2, 0.25) is 0 Å². The number of aromatic amines is 1. The van der Waals surface area contributed by atoms with Crippen LogP contribution in [0.15, 0.2) is 47.5 Å². The molecule has 1 unspecified atom stereocenters. The number of nitrogens with zero attached hydrogens (tertiary/aromatic N) is 2. The van der Waals surface area contributed by atoms with E-state index in [1.54, 1.807) is 11.0 Å². The summed E-state index contributed by atoms with van der Waals surface area (Å²) in [4.78, 5) is 34.5. The Morgan fingerprint density at radius 3 is 2.59 bits per heavy atom. The molecular formula is C28H31F3N4O2. The van der Waals surface area contributed by atoms with Crippen LogP contribution in [0.1, 0.15) is 54.4 Å². The van der Waals surface area contributed by atoms with E-state index in [1.807, 2.05) is 19.1 Å². The number of amides is 1. The monoisotopic (exact) mass is 512 g/mol. The number of rotatable bonds is 7. The number of benzene rings is 1. The number of carbonyl (C=O) groups excluding carboxylic acids is 1. The van der Waals surface area contributed by atoms with E-state index in [4.69, 9.17) is 0 Å². The van der Waals surface area contributed by atoms with Crippen molar-refractivity contribution in [3.63, 3.8) is 0 Å². The number of hydrogen-bond acceptors (Lipinski definition) is 4. The predicted molar refractivity (Wildman–Crippen MR) is 135 cm³/mol. The molecule has 196 valence electrons. The standard InChI is InChI=1S/C28H31F3N4O2/c1-18-9-20(11-24-23(18)5-6-25(36)34-24)15-35(16-21-10-22(14-33-13-21)28(29,30)31)26(37)27(7-8-32-17-27)12-19-3-2-4-19/h5-6,9-11,13-14,19,32H,2-4,7-8,12,15-17H2,1H3,(H,34,36). The molecule has 1 amide bonds. The van der Waals surface area contributed by atoms with Crippen molar-refractivity contribution in [2.24, 2.45) is 11.3 Å². The van der Waals surface area contributed by atoms with Gasteiger partial charge < -0.3 is 15.2 Å². The van der Waals surface area contributed by atoms with Crippen molar-refractivity contribution < 1.29 is 18.0 Å². The Balaban J connectivity index is 1.51. The maximum Gasteiger partial charge on any atom is 0.417 e. The molecule has 1 atom stereocenters. The summed E-state index contributed by atoms with van der Waals surface area (Å²) in [7, 11) is 0. The van der Waals surface area contributed by atoms with Crippen LogP contribution in [-0.4, -0.2) is 33.9 Å². The van der Waals surface area contributed by atoms with Crippen LogP contribution in [0.5, 0.6) is 0 Å². The fourth-order valence-electron chi connectivity index (χ4n) is 5.76. The van der Waals surface area contributed by atoms with E-state index < -0.39 is 17.2 Å². The summed E-state index contributed by atoms with van der Waals surface area (Å²) in [6.07, 6.45) is 2.59. The maximum atomic E-state index is 14.2. The van der Waals surface area contributed by atoms with Crippen molar-refractivity contribution in [3.8, 4) is 0 Å². The Hall–Kier alpha value is -3.20. The maximum absolute atomic E-state index is 14.2. The van der Waals surface area contributed by atoms with E-state index in [0.29, 0.717) is 30.0 Å². The summed E-state index contributed by atoms with van der Waals surface area (Å²) < 4.78 is 40.1. The minimum absolute atomic E-state index is 0.0184. The lowest BCUT2D eigenvalue weighted by atomic mass is 9.70. The lowest BCUT2D eigenvalue weighted by Crippen LogP contribution is -2.46. The van der Waals surface area contributed by atoms with Gasteiger partial charge in [0.25, 0.3) is 0 Å². The van der Waals surface area contributed by atoms with E-state index in [2.05, 4.69) is 15.3 Å². The number of aryl methyl sites for hydroxylation is 1. The topological polar surface area (TPSA) is 78.1 Å². The first kappa shape index (κ1) is 25.4. The average molecular weight is 513 g/mol. The Morgan fingerprint density at radius 1 is 1.14 bits per heavy atom. The summed E-state index contributed by atoms with van der Waals surface area (Å²) in [6.45, 7) is 3.49. The van der Waals surface area contributed by atoms with Crippen LogP contribution in [0.25, 0.3) is 10.9 Å². The number of pyridine rings is 2. The zero-order valence-electron chi connectivity index (χ0n) is 20.8. The van der Waals surface area contributed by atoms with Crippen molar-refractivity contribution in [2.75, 3.05) is 13.1 Å². The van der Waals surface area contributed by atoms with E-state index >= 15 is 0 Å². The number of aromatic nitrogens is 2. The fourth-order valence-corrected chi connectivity index (χ4v) is 5.76. The molecule has 6 nitrogen and oxygen atoms in total. The molecule has 0 radical (unpaired) electrons. The molecule has 2 aliphatic rings. The highest BCUT2D eigenvalue weighted by atomic mass is 19.4.